The van der Waals surface area contributed by atoms with Crippen LogP contribution >= 0.6 is 0 Å². The van der Waals surface area contributed by atoms with Crippen molar-refractivity contribution in [1.82, 2.24) is 9.80 Å². The average Bonchev–Trinajstić information content (AvgIpc) is 3.15. The van der Waals surface area contributed by atoms with Crippen molar-refractivity contribution in [3.05, 3.63) is 59.5 Å². The molecule has 0 saturated carbocycles. The van der Waals surface area contributed by atoms with Crippen molar-refractivity contribution < 1.29 is 18.2 Å². The summed E-state index contributed by atoms with van der Waals surface area (Å²) in [6.45, 7) is 3.80. The van der Waals surface area contributed by atoms with E-state index in [0.29, 0.717) is 37.7 Å². The van der Waals surface area contributed by atoms with Crippen molar-refractivity contribution in [2.24, 2.45) is 0 Å². The number of aryl methyl sites for hydroxylation is 1. The molecule has 2 aromatic rings. The molecule has 0 radical (unpaired) electrons. The second-order valence-electron chi connectivity index (χ2n) is 6.37. The molecule has 2 heterocycles. The molecular formula is C19H22N2O4S. The van der Waals surface area contributed by atoms with Gasteiger partial charge in [-0.1, -0.05) is 29.8 Å². The van der Waals surface area contributed by atoms with Gasteiger partial charge in [0.25, 0.3) is 5.91 Å². The van der Waals surface area contributed by atoms with Gasteiger partial charge in [-0.3, -0.25) is 13.8 Å². The first-order chi connectivity index (χ1) is 12.5. The van der Waals surface area contributed by atoms with Crippen molar-refractivity contribution in [2.75, 3.05) is 31.9 Å². The molecule has 1 fully saturated rings. The molecule has 7 heteroatoms. The van der Waals surface area contributed by atoms with Gasteiger partial charge in [0.1, 0.15) is 5.75 Å². The fourth-order valence-electron chi connectivity index (χ4n) is 2.98. The Hall–Kier alpha value is -2.41. The third kappa shape index (κ3) is 4.60. The first kappa shape index (κ1) is 18.4. The third-order valence-corrected chi connectivity index (χ3v) is 5.57. The zero-order valence-corrected chi connectivity index (χ0v) is 15.5. The van der Waals surface area contributed by atoms with E-state index in [4.69, 9.17) is 4.42 Å². The van der Waals surface area contributed by atoms with Crippen LogP contribution < -0.4 is 0 Å². The second kappa shape index (κ2) is 8.31. The molecule has 1 saturated heterocycles. The summed E-state index contributed by atoms with van der Waals surface area (Å²) < 4.78 is 17.4. The van der Waals surface area contributed by atoms with Crippen LogP contribution in [0.5, 0.6) is 0 Å². The van der Waals surface area contributed by atoms with Gasteiger partial charge in [-0.05, 0) is 24.6 Å². The topological polar surface area (TPSA) is 70.8 Å². The number of amides is 2. The molecule has 1 aromatic heterocycles. The van der Waals surface area contributed by atoms with Crippen LogP contribution in [0.1, 0.15) is 21.7 Å². The predicted octanol–water partition coefficient (Wildman–Crippen LogP) is 1.82. The van der Waals surface area contributed by atoms with Crippen LogP contribution in [0.2, 0.25) is 0 Å². The maximum absolute atomic E-state index is 12.4. The summed E-state index contributed by atoms with van der Waals surface area (Å²) in [5, 5.41) is 0. The molecule has 1 aliphatic rings. The lowest BCUT2D eigenvalue weighted by Gasteiger charge is -2.34. The number of piperazine rings is 1. The van der Waals surface area contributed by atoms with Gasteiger partial charge < -0.3 is 14.2 Å². The van der Waals surface area contributed by atoms with E-state index in [0.717, 1.165) is 11.1 Å². The first-order valence-corrected chi connectivity index (χ1v) is 10.0. The normalized spacial score (nSPS) is 15.7. The van der Waals surface area contributed by atoms with E-state index in [-0.39, 0.29) is 17.6 Å². The number of hydrogen-bond donors (Lipinski definition) is 0. The van der Waals surface area contributed by atoms with Gasteiger partial charge in [-0.25, -0.2) is 0 Å². The van der Waals surface area contributed by atoms with Gasteiger partial charge >= 0.3 is 0 Å². The van der Waals surface area contributed by atoms with Crippen LogP contribution in [-0.2, 0) is 21.3 Å². The van der Waals surface area contributed by atoms with E-state index in [2.05, 4.69) is 0 Å². The molecule has 0 spiro atoms. The Kier molecular flexibility index (Phi) is 5.88. The number of carbonyl (C=O) groups excluding carboxylic acids is 2. The average molecular weight is 374 g/mol. The number of furan rings is 1. The highest BCUT2D eigenvalue weighted by Crippen LogP contribution is 2.11. The summed E-state index contributed by atoms with van der Waals surface area (Å²) in [6.07, 6.45) is 1.47. The van der Waals surface area contributed by atoms with E-state index in [1.165, 1.54) is 6.26 Å². The molecule has 0 unspecified atom stereocenters. The quantitative estimate of drug-likeness (QED) is 0.800. The Balaban J connectivity index is 1.47. The Morgan fingerprint density at radius 2 is 1.81 bits per heavy atom. The van der Waals surface area contributed by atoms with Gasteiger partial charge in [0.2, 0.25) is 5.91 Å². The lowest BCUT2D eigenvalue weighted by Crippen LogP contribution is -2.51. The molecule has 26 heavy (non-hydrogen) atoms. The largest absolute Gasteiger partial charge is 0.459 e. The maximum atomic E-state index is 12.4. The Bertz CT molecular complexity index is 796. The molecule has 138 valence electrons. The van der Waals surface area contributed by atoms with Crippen LogP contribution in [0.25, 0.3) is 0 Å². The van der Waals surface area contributed by atoms with Gasteiger partial charge in [-0.2, -0.15) is 0 Å². The molecule has 0 N–H and O–H groups in total. The van der Waals surface area contributed by atoms with Gasteiger partial charge in [0.15, 0.2) is 5.76 Å². The number of benzene rings is 1. The van der Waals surface area contributed by atoms with Crippen LogP contribution in [0.15, 0.2) is 47.1 Å². The van der Waals surface area contributed by atoms with Crippen LogP contribution in [-0.4, -0.2) is 57.8 Å². The summed E-state index contributed by atoms with van der Waals surface area (Å²) in [5.41, 5.74) is 2.09. The molecule has 1 aromatic carbocycles. The van der Waals surface area contributed by atoms with Crippen molar-refractivity contribution in [3.8, 4) is 0 Å². The van der Waals surface area contributed by atoms with E-state index in [9.17, 15) is 13.8 Å². The predicted molar refractivity (Wildman–Crippen MR) is 99.1 cm³/mol. The second-order valence-corrected chi connectivity index (χ2v) is 7.82. The standard InChI is InChI=1S/C19H22N2O4S/c1-15-4-2-5-16(12-15)13-26(24)14-18(22)20-7-9-21(10-8-20)19(23)17-6-3-11-25-17/h2-6,11-12H,7-10,13-14H2,1H3/t26-/m0/s1. The number of carbonyl (C=O) groups is 2. The molecular weight excluding hydrogens is 352 g/mol. The van der Waals surface area contributed by atoms with Gasteiger partial charge in [0.05, 0.1) is 6.26 Å². The minimum absolute atomic E-state index is 0.0140. The Morgan fingerprint density at radius 1 is 1.08 bits per heavy atom. The molecule has 3 rings (SSSR count). The summed E-state index contributed by atoms with van der Waals surface area (Å²) in [7, 11) is -1.24. The maximum Gasteiger partial charge on any atom is 0.289 e. The van der Waals surface area contributed by atoms with E-state index in [1.54, 1.807) is 21.9 Å². The highest BCUT2D eigenvalue weighted by atomic mass is 32.2. The van der Waals surface area contributed by atoms with Crippen molar-refractivity contribution in [2.45, 2.75) is 12.7 Å². The smallest absolute Gasteiger partial charge is 0.289 e. The summed E-state index contributed by atoms with van der Waals surface area (Å²) >= 11 is 0. The fourth-order valence-corrected chi connectivity index (χ4v) is 4.09. The SMILES string of the molecule is Cc1cccc(C[S@](=O)CC(=O)N2CCN(C(=O)c3ccco3)CC2)c1. The lowest BCUT2D eigenvalue weighted by atomic mass is 10.2. The number of rotatable bonds is 5. The van der Waals surface area contributed by atoms with Crippen molar-refractivity contribution in [3.63, 3.8) is 0 Å². The zero-order valence-electron chi connectivity index (χ0n) is 14.7. The molecule has 2 amide bonds. The van der Waals surface area contributed by atoms with Gasteiger partial charge in [0, 0.05) is 42.7 Å². The fraction of sp³-hybridized carbons (Fsp3) is 0.368. The molecule has 1 aliphatic heterocycles. The first-order valence-electron chi connectivity index (χ1n) is 8.54. The minimum Gasteiger partial charge on any atom is -0.459 e. The van der Waals surface area contributed by atoms with Crippen molar-refractivity contribution in [1.29, 1.82) is 0 Å². The van der Waals surface area contributed by atoms with E-state index in [1.807, 2.05) is 31.2 Å². The van der Waals surface area contributed by atoms with Crippen LogP contribution in [0.3, 0.4) is 0 Å². The molecule has 6 nitrogen and oxygen atoms in total. The van der Waals surface area contributed by atoms with Crippen molar-refractivity contribution >= 4 is 22.6 Å². The molecule has 0 bridgehead atoms. The zero-order chi connectivity index (χ0) is 18.5. The van der Waals surface area contributed by atoms with E-state index < -0.39 is 10.8 Å². The summed E-state index contributed by atoms with van der Waals surface area (Å²) in [4.78, 5) is 28.0. The lowest BCUT2D eigenvalue weighted by molar-refractivity contribution is -0.129. The van der Waals surface area contributed by atoms with E-state index >= 15 is 0 Å². The Labute approximate surface area is 155 Å². The monoisotopic (exact) mass is 374 g/mol. The number of hydrogen-bond acceptors (Lipinski definition) is 4. The summed E-state index contributed by atoms with van der Waals surface area (Å²) in [6, 6.07) is 11.1. The van der Waals surface area contributed by atoms with Gasteiger partial charge in [-0.15, -0.1) is 0 Å². The highest BCUT2D eigenvalue weighted by Gasteiger charge is 2.26. The minimum atomic E-state index is -1.24. The Morgan fingerprint density at radius 3 is 2.46 bits per heavy atom. The third-order valence-electron chi connectivity index (χ3n) is 4.35. The highest BCUT2D eigenvalue weighted by molar-refractivity contribution is 7.84. The number of nitrogens with zero attached hydrogens (tertiary/aromatic N) is 2. The summed E-state index contributed by atoms with van der Waals surface area (Å²) in [5.74, 6) is 0.417. The molecule has 1 atom stereocenters. The van der Waals surface area contributed by atoms with Crippen LogP contribution in [0.4, 0.5) is 0 Å². The molecule has 0 aliphatic carbocycles. The van der Waals surface area contributed by atoms with Crippen LogP contribution in [0, 0.1) is 6.92 Å².